The molecule has 0 unspecified atom stereocenters. The summed E-state index contributed by atoms with van der Waals surface area (Å²) >= 11 is 0. The highest BCUT2D eigenvalue weighted by Gasteiger charge is 2.14. The predicted molar refractivity (Wildman–Crippen MR) is 32.0 cm³/mol. The molecule has 0 saturated carbocycles. The summed E-state index contributed by atoms with van der Waals surface area (Å²) in [7, 11) is 0. The zero-order valence-electron chi connectivity index (χ0n) is 5.46. The van der Waals surface area contributed by atoms with E-state index >= 15 is 0 Å². The van der Waals surface area contributed by atoms with Crippen LogP contribution in [0.3, 0.4) is 0 Å². The molecule has 4 nitrogen and oxygen atoms in total. The molecule has 0 bridgehead atoms. The molecule has 0 spiro atoms. The van der Waals surface area contributed by atoms with Crippen LogP contribution in [0, 0.1) is 0 Å². The smallest absolute Gasteiger partial charge is 0.346 e. The van der Waals surface area contributed by atoms with Crippen molar-refractivity contribution < 1.29 is 4.84 Å². The van der Waals surface area contributed by atoms with Gasteiger partial charge < -0.3 is 5.32 Å². The van der Waals surface area contributed by atoms with E-state index in [2.05, 4.69) is 20.5 Å². The van der Waals surface area contributed by atoms with E-state index in [1.165, 1.54) is 0 Å². The topological polar surface area (TPSA) is 47.7 Å². The van der Waals surface area contributed by atoms with Crippen LogP contribution in [0.25, 0.3) is 0 Å². The third kappa shape index (κ3) is 1.71. The van der Waals surface area contributed by atoms with Crippen LogP contribution < -0.4 is 10.6 Å². The summed E-state index contributed by atoms with van der Waals surface area (Å²) in [5.41, 5.74) is 0. The van der Waals surface area contributed by atoms with Crippen molar-refractivity contribution in [2.24, 2.45) is 5.11 Å². The van der Waals surface area contributed by atoms with E-state index in [-0.39, 0.29) is 0 Å². The average molecular weight is 127 g/mol. The van der Waals surface area contributed by atoms with E-state index in [1.54, 1.807) is 6.20 Å². The summed E-state index contributed by atoms with van der Waals surface area (Å²) < 4.78 is 0. The molecular formula is C5H9N3O+. The zero-order valence-corrected chi connectivity index (χ0v) is 5.46. The Morgan fingerprint density at radius 2 is 2.56 bits per heavy atom. The quantitative estimate of drug-likeness (QED) is 0.587. The lowest BCUT2D eigenvalue weighted by molar-refractivity contribution is 0.145. The average Bonchev–Trinajstić information content (AvgIpc) is 2.15. The molecule has 1 aliphatic heterocycles. The minimum absolute atomic E-state index is 0.361. The minimum atomic E-state index is 0.361. The molecule has 1 rings (SSSR count). The molecular weight excluding hydrogens is 118 g/mol. The van der Waals surface area contributed by atoms with Gasteiger partial charge in [-0.2, -0.15) is 0 Å². The summed E-state index contributed by atoms with van der Waals surface area (Å²) in [6.07, 6.45) is 1.54. The van der Waals surface area contributed by atoms with E-state index in [0.29, 0.717) is 11.9 Å². The van der Waals surface area contributed by atoms with Gasteiger partial charge in [0.05, 0.1) is 0 Å². The van der Waals surface area contributed by atoms with E-state index in [4.69, 9.17) is 0 Å². The molecule has 1 heterocycles. The molecule has 0 atom stereocenters. The number of hydrogen-bond acceptors (Lipinski definition) is 4. The van der Waals surface area contributed by atoms with Crippen LogP contribution in [-0.2, 0) is 4.84 Å². The molecule has 1 radical (unpaired) electrons. The molecule has 0 amide bonds. The second kappa shape index (κ2) is 2.48. The fourth-order valence-corrected chi connectivity index (χ4v) is 0.515. The summed E-state index contributed by atoms with van der Waals surface area (Å²) in [4.78, 5) is 4.67. The lowest BCUT2D eigenvalue weighted by Crippen LogP contribution is -2.22. The maximum atomic E-state index is 4.67. The van der Waals surface area contributed by atoms with Crippen LogP contribution in [-0.4, -0.2) is 6.04 Å². The molecule has 0 aromatic carbocycles. The van der Waals surface area contributed by atoms with E-state index < -0.39 is 0 Å². The second-order valence-electron chi connectivity index (χ2n) is 2.08. The van der Waals surface area contributed by atoms with Crippen molar-refractivity contribution in [1.82, 2.24) is 10.6 Å². The van der Waals surface area contributed by atoms with Gasteiger partial charge in [-0.1, -0.05) is 0 Å². The molecule has 9 heavy (non-hydrogen) atoms. The van der Waals surface area contributed by atoms with Gasteiger partial charge in [0, 0.05) is 6.04 Å². The lowest BCUT2D eigenvalue weighted by atomic mass is 10.4. The summed E-state index contributed by atoms with van der Waals surface area (Å²) in [5.74, 6) is 0.616. The van der Waals surface area contributed by atoms with Gasteiger partial charge in [-0.15, -0.1) is 4.84 Å². The number of hydrogen-bond donors (Lipinski definition) is 1. The third-order valence-corrected chi connectivity index (χ3v) is 0.792. The Balaban J connectivity index is 2.30. The van der Waals surface area contributed by atoms with Crippen molar-refractivity contribution in [1.29, 1.82) is 0 Å². The monoisotopic (exact) mass is 127 g/mol. The maximum absolute atomic E-state index is 4.67. The van der Waals surface area contributed by atoms with E-state index in [0.717, 1.165) is 0 Å². The van der Waals surface area contributed by atoms with Crippen molar-refractivity contribution in [2.45, 2.75) is 19.9 Å². The van der Waals surface area contributed by atoms with Crippen LogP contribution in [0.4, 0.5) is 0 Å². The van der Waals surface area contributed by atoms with Gasteiger partial charge >= 0.3 is 11.2 Å². The van der Waals surface area contributed by atoms with Crippen molar-refractivity contribution in [3.8, 4) is 0 Å². The van der Waals surface area contributed by atoms with Crippen molar-refractivity contribution >= 4 is 0 Å². The first kappa shape index (κ1) is 6.07. The summed E-state index contributed by atoms with van der Waals surface area (Å²) in [5, 5.41) is 9.78. The summed E-state index contributed by atoms with van der Waals surface area (Å²) in [6, 6.07) is 0.361. The lowest BCUT2D eigenvalue weighted by Gasteiger charge is -2.02. The van der Waals surface area contributed by atoms with Gasteiger partial charge in [0.1, 0.15) is 5.11 Å². The highest BCUT2D eigenvalue weighted by atomic mass is 16.7. The second-order valence-corrected chi connectivity index (χ2v) is 2.08. The van der Waals surface area contributed by atoms with Gasteiger partial charge in [0.2, 0.25) is 0 Å². The fraction of sp³-hybridized carbons (Fsp3) is 0.600. The minimum Gasteiger partial charge on any atom is -0.346 e. The Morgan fingerprint density at radius 3 is 3.00 bits per heavy atom. The largest absolute Gasteiger partial charge is 0.469 e. The first-order chi connectivity index (χ1) is 4.29. The number of nitrogens with one attached hydrogen (secondary N) is 1. The molecule has 4 heteroatoms. The summed E-state index contributed by atoms with van der Waals surface area (Å²) in [6.45, 7) is 4.03. The van der Waals surface area contributed by atoms with Crippen LogP contribution in [0.2, 0.25) is 0 Å². The SMILES string of the molecule is CC(C)NC1=CN=[N+]O1. The number of nitrogens with zero attached hydrogens (tertiary/aromatic N) is 2. The fourth-order valence-electron chi connectivity index (χ4n) is 0.515. The zero-order chi connectivity index (χ0) is 6.69. The molecule has 49 valence electrons. The van der Waals surface area contributed by atoms with Gasteiger partial charge in [-0.25, -0.2) is 0 Å². The van der Waals surface area contributed by atoms with Gasteiger partial charge in [0.15, 0.2) is 6.20 Å². The molecule has 0 aromatic rings. The predicted octanol–water partition coefficient (Wildman–Crippen LogP) is 0.516. The highest BCUT2D eigenvalue weighted by molar-refractivity contribution is 4.90. The number of rotatable bonds is 2. The third-order valence-electron chi connectivity index (χ3n) is 0.792. The van der Waals surface area contributed by atoms with Gasteiger partial charge in [-0.3, -0.25) is 0 Å². The molecule has 0 saturated heterocycles. The Bertz CT molecular complexity index is 150. The Morgan fingerprint density at radius 1 is 1.78 bits per heavy atom. The molecule has 0 aliphatic carbocycles. The van der Waals surface area contributed by atoms with Gasteiger partial charge in [0.25, 0.3) is 0 Å². The van der Waals surface area contributed by atoms with Crippen molar-refractivity contribution in [2.75, 3.05) is 0 Å². The Labute approximate surface area is 53.6 Å². The van der Waals surface area contributed by atoms with Crippen LogP contribution in [0.5, 0.6) is 0 Å². The molecule has 0 aromatic heterocycles. The standard InChI is InChI=1S/C5H9N3O/c1-4(2)7-5-3-6-8-9-5/h3-4,7H,1-2H3/q+1. The molecule has 1 N–H and O–H groups in total. The van der Waals surface area contributed by atoms with Crippen molar-refractivity contribution in [3.63, 3.8) is 0 Å². The highest BCUT2D eigenvalue weighted by Crippen LogP contribution is 1.97. The van der Waals surface area contributed by atoms with Crippen LogP contribution >= 0.6 is 0 Å². The van der Waals surface area contributed by atoms with E-state index in [9.17, 15) is 0 Å². The van der Waals surface area contributed by atoms with Crippen LogP contribution in [0.1, 0.15) is 13.8 Å². The molecule has 1 aliphatic rings. The van der Waals surface area contributed by atoms with Crippen molar-refractivity contribution in [3.05, 3.63) is 12.1 Å². The molecule has 0 fully saturated rings. The normalized spacial score (nSPS) is 15.7. The van der Waals surface area contributed by atoms with E-state index in [1.807, 2.05) is 13.8 Å². The first-order valence-corrected chi connectivity index (χ1v) is 2.83. The maximum Gasteiger partial charge on any atom is 0.469 e. The van der Waals surface area contributed by atoms with Crippen LogP contribution in [0.15, 0.2) is 17.2 Å². The Kier molecular flexibility index (Phi) is 1.67. The Hall–Kier alpha value is -1.06. The van der Waals surface area contributed by atoms with Gasteiger partial charge in [-0.05, 0) is 13.8 Å². The first-order valence-electron chi connectivity index (χ1n) is 2.83.